The molecule has 2 N–H and O–H groups in total. The van der Waals surface area contributed by atoms with Crippen LogP contribution in [-0.4, -0.2) is 13.1 Å². The molecule has 1 aromatic rings. The standard InChI is InChI=1S/C12H14ClNO2/c1-16-11(15)12(6-7-12)10(14)8-2-4-9(13)5-3-8/h2-5,10H,6-7,14H2,1H3. The van der Waals surface area contributed by atoms with Crippen LogP contribution >= 0.6 is 11.6 Å². The molecule has 1 atom stereocenters. The van der Waals surface area contributed by atoms with Gasteiger partial charge in [-0.25, -0.2) is 0 Å². The molecule has 0 aliphatic heterocycles. The lowest BCUT2D eigenvalue weighted by atomic mass is 9.91. The van der Waals surface area contributed by atoms with E-state index in [4.69, 9.17) is 22.1 Å². The molecule has 1 aliphatic carbocycles. The minimum atomic E-state index is -0.511. The Morgan fingerprint density at radius 3 is 2.44 bits per heavy atom. The first-order valence-corrected chi connectivity index (χ1v) is 5.57. The predicted octanol–water partition coefficient (Wildman–Crippen LogP) is 2.29. The van der Waals surface area contributed by atoms with Crippen molar-refractivity contribution in [3.63, 3.8) is 0 Å². The quantitative estimate of drug-likeness (QED) is 0.824. The first-order valence-electron chi connectivity index (χ1n) is 5.19. The van der Waals surface area contributed by atoms with Crippen LogP contribution in [0.1, 0.15) is 24.4 Å². The van der Waals surface area contributed by atoms with Gasteiger partial charge < -0.3 is 10.5 Å². The lowest BCUT2D eigenvalue weighted by molar-refractivity contribution is -0.148. The molecule has 86 valence electrons. The van der Waals surface area contributed by atoms with E-state index < -0.39 is 5.41 Å². The van der Waals surface area contributed by atoms with Gasteiger partial charge in [0.2, 0.25) is 0 Å². The van der Waals surface area contributed by atoms with Gasteiger partial charge in [-0.05, 0) is 30.5 Å². The molecule has 2 rings (SSSR count). The van der Waals surface area contributed by atoms with Gasteiger partial charge in [-0.3, -0.25) is 4.79 Å². The summed E-state index contributed by atoms with van der Waals surface area (Å²) in [6, 6.07) is 6.97. The number of ether oxygens (including phenoxy) is 1. The normalized spacial score (nSPS) is 18.9. The van der Waals surface area contributed by atoms with E-state index >= 15 is 0 Å². The molecule has 0 saturated heterocycles. The zero-order valence-electron chi connectivity index (χ0n) is 9.07. The van der Waals surface area contributed by atoms with Crippen LogP contribution in [0.2, 0.25) is 5.02 Å². The SMILES string of the molecule is COC(=O)C1(C(N)c2ccc(Cl)cc2)CC1. The fraction of sp³-hybridized carbons (Fsp3) is 0.417. The summed E-state index contributed by atoms with van der Waals surface area (Å²) >= 11 is 5.80. The van der Waals surface area contributed by atoms with Crippen LogP contribution in [0.25, 0.3) is 0 Å². The third kappa shape index (κ3) is 1.81. The van der Waals surface area contributed by atoms with Crippen molar-refractivity contribution in [3.8, 4) is 0 Å². The van der Waals surface area contributed by atoms with Crippen LogP contribution < -0.4 is 5.73 Å². The van der Waals surface area contributed by atoms with Gasteiger partial charge in [-0.1, -0.05) is 23.7 Å². The number of esters is 1. The lowest BCUT2D eigenvalue weighted by Gasteiger charge is -2.21. The van der Waals surface area contributed by atoms with E-state index in [9.17, 15) is 4.79 Å². The second-order valence-corrected chi connectivity index (χ2v) is 4.61. The smallest absolute Gasteiger partial charge is 0.313 e. The fourth-order valence-corrected chi connectivity index (χ4v) is 2.10. The minimum absolute atomic E-state index is 0.213. The molecule has 1 aliphatic rings. The van der Waals surface area contributed by atoms with Crippen LogP contribution in [-0.2, 0) is 9.53 Å². The topological polar surface area (TPSA) is 52.3 Å². The molecule has 0 heterocycles. The maximum atomic E-state index is 11.6. The molecule has 0 radical (unpaired) electrons. The van der Waals surface area contributed by atoms with E-state index in [1.54, 1.807) is 12.1 Å². The highest BCUT2D eigenvalue weighted by Crippen LogP contribution is 2.54. The van der Waals surface area contributed by atoms with Gasteiger partial charge in [0, 0.05) is 11.1 Å². The van der Waals surface area contributed by atoms with Crippen molar-refractivity contribution >= 4 is 17.6 Å². The van der Waals surface area contributed by atoms with Crippen LogP contribution in [0.4, 0.5) is 0 Å². The molecule has 1 unspecified atom stereocenters. The second kappa shape index (κ2) is 4.07. The second-order valence-electron chi connectivity index (χ2n) is 4.18. The highest BCUT2D eigenvalue weighted by Gasteiger charge is 2.56. The molecule has 1 saturated carbocycles. The maximum Gasteiger partial charge on any atom is 0.313 e. The Morgan fingerprint density at radius 1 is 1.44 bits per heavy atom. The number of rotatable bonds is 3. The van der Waals surface area contributed by atoms with Crippen molar-refractivity contribution < 1.29 is 9.53 Å². The molecule has 4 heteroatoms. The Morgan fingerprint density at radius 2 is 2.00 bits per heavy atom. The van der Waals surface area contributed by atoms with Gasteiger partial charge in [0.1, 0.15) is 0 Å². The molecule has 1 aromatic carbocycles. The number of carbonyl (C=O) groups is 1. The maximum absolute atomic E-state index is 11.6. The Labute approximate surface area is 99.5 Å². The molecule has 1 fully saturated rings. The van der Waals surface area contributed by atoms with Gasteiger partial charge in [-0.15, -0.1) is 0 Å². The van der Waals surface area contributed by atoms with E-state index in [1.165, 1.54) is 7.11 Å². The van der Waals surface area contributed by atoms with Crippen LogP contribution in [0, 0.1) is 5.41 Å². The van der Waals surface area contributed by atoms with E-state index in [1.807, 2.05) is 12.1 Å². The van der Waals surface area contributed by atoms with Crippen LogP contribution in [0.5, 0.6) is 0 Å². The summed E-state index contributed by atoms with van der Waals surface area (Å²) < 4.78 is 4.80. The van der Waals surface area contributed by atoms with Gasteiger partial charge in [0.15, 0.2) is 0 Å². The van der Waals surface area contributed by atoms with E-state index in [0.717, 1.165) is 18.4 Å². The molecule has 0 spiro atoms. The number of carbonyl (C=O) groups excluding carboxylic acids is 1. The molecule has 0 bridgehead atoms. The fourth-order valence-electron chi connectivity index (χ4n) is 1.97. The van der Waals surface area contributed by atoms with Crippen LogP contribution in [0.3, 0.4) is 0 Å². The summed E-state index contributed by atoms with van der Waals surface area (Å²) in [6.45, 7) is 0. The van der Waals surface area contributed by atoms with Gasteiger partial charge in [0.25, 0.3) is 0 Å². The number of halogens is 1. The Hall–Kier alpha value is -1.06. The molecule has 0 aromatic heterocycles. The highest BCUT2D eigenvalue weighted by molar-refractivity contribution is 6.30. The number of benzene rings is 1. The largest absolute Gasteiger partial charge is 0.469 e. The predicted molar refractivity (Wildman–Crippen MR) is 62.1 cm³/mol. The van der Waals surface area contributed by atoms with E-state index in [0.29, 0.717) is 5.02 Å². The average Bonchev–Trinajstić information content (AvgIpc) is 3.09. The van der Waals surface area contributed by atoms with E-state index in [2.05, 4.69) is 0 Å². The Kier molecular flexibility index (Phi) is 2.91. The van der Waals surface area contributed by atoms with Crippen molar-refractivity contribution in [1.29, 1.82) is 0 Å². The number of nitrogens with two attached hydrogens (primary N) is 1. The zero-order chi connectivity index (χ0) is 11.8. The molecule has 3 nitrogen and oxygen atoms in total. The van der Waals surface area contributed by atoms with Gasteiger partial charge in [0.05, 0.1) is 12.5 Å². The highest BCUT2D eigenvalue weighted by atomic mass is 35.5. The summed E-state index contributed by atoms with van der Waals surface area (Å²) in [5, 5.41) is 0.666. The third-order valence-corrected chi connectivity index (χ3v) is 3.46. The Bertz CT molecular complexity index is 398. The monoisotopic (exact) mass is 239 g/mol. The average molecular weight is 240 g/mol. The first-order chi connectivity index (χ1) is 7.60. The zero-order valence-corrected chi connectivity index (χ0v) is 9.83. The van der Waals surface area contributed by atoms with Crippen molar-refractivity contribution in [2.24, 2.45) is 11.1 Å². The lowest BCUT2D eigenvalue weighted by Crippen LogP contribution is -2.31. The Balaban J connectivity index is 2.22. The molecular weight excluding hydrogens is 226 g/mol. The number of methoxy groups -OCH3 is 1. The summed E-state index contributed by atoms with van der Waals surface area (Å²) in [4.78, 5) is 11.6. The summed E-state index contributed by atoms with van der Waals surface area (Å²) in [7, 11) is 1.40. The van der Waals surface area contributed by atoms with Crippen LogP contribution in [0.15, 0.2) is 24.3 Å². The molecule has 0 amide bonds. The molecular formula is C12H14ClNO2. The first kappa shape index (κ1) is 11.4. The summed E-state index contributed by atoms with van der Waals surface area (Å²) in [6.07, 6.45) is 1.59. The van der Waals surface area contributed by atoms with Crippen molar-refractivity contribution in [3.05, 3.63) is 34.9 Å². The number of hydrogen-bond donors (Lipinski definition) is 1. The van der Waals surface area contributed by atoms with Crippen molar-refractivity contribution in [2.45, 2.75) is 18.9 Å². The van der Waals surface area contributed by atoms with Gasteiger partial charge >= 0.3 is 5.97 Å². The third-order valence-electron chi connectivity index (χ3n) is 3.21. The van der Waals surface area contributed by atoms with E-state index in [-0.39, 0.29) is 12.0 Å². The van der Waals surface area contributed by atoms with Crippen molar-refractivity contribution in [1.82, 2.24) is 0 Å². The molecule has 16 heavy (non-hydrogen) atoms. The van der Waals surface area contributed by atoms with Gasteiger partial charge in [-0.2, -0.15) is 0 Å². The van der Waals surface area contributed by atoms with Crippen molar-refractivity contribution in [2.75, 3.05) is 7.11 Å². The summed E-state index contributed by atoms with van der Waals surface area (Å²) in [5.74, 6) is -0.213. The summed E-state index contributed by atoms with van der Waals surface area (Å²) in [5.41, 5.74) is 6.53. The minimum Gasteiger partial charge on any atom is -0.469 e. The number of hydrogen-bond acceptors (Lipinski definition) is 3.